The minimum Gasteiger partial charge on any atom is -0.508 e. The van der Waals surface area contributed by atoms with Gasteiger partial charge in [0.15, 0.2) is 0 Å². The maximum Gasteiger partial charge on any atom is 0.117 e. The van der Waals surface area contributed by atoms with Crippen LogP contribution < -0.4 is 10.6 Å². The summed E-state index contributed by atoms with van der Waals surface area (Å²) in [6, 6.07) is 15.2. The Bertz CT molecular complexity index is 511. The van der Waals surface area contributed by atoms with Crippen molar-refractivity contribution in [2.24, 2.45) is 5.73 Å². The summed E-state index contributed by atoms with van der Waals surface area (Å²) in [6.07, 6.45) is 0. The van der Waals surface area contributed by atoms with Crippen molar-refractivity contribution in [3.8, 4) is 5.75 Å². The summed E-state index contributed by atoms with van der Waals surface area (Å²) in [5, 5.41) is 9.46. The van der Waals surface area contributed by atoms with Gasteiger partial charge in [0.05, 0.1) is 0 Å². The SMILES string of the molecule is CN(c1cccc(O)c1)c1cccc(CN)c1. The van der Waals surface area contributed by atoms with Gasteiger partial charge in [-0.1, -0.05) is 18.2 Å². The molecule has 2 aromatic rings. The van der Waals surface area contributed by atoms with E-state index in [1.165, 1.54) is 0 Å². The van der Waals surface area contributed by atoms with Gasteiger partial charge in [0.1, 0.15) is 5.75 Å². The van der Waals surface area contributed by atoms with Crippen LogP contribution in [0.3, 0.4) is 0 Å². The van der Waals surface area contributed by atoms with E-state index in [1.807, 2.05) is 48.3 Å². The van der Waals surface area contributed by atoms with E-state index < -0.39 is 0 Å². The predicted molar refractivity (Wildman–Crippen MR) is 70.5 cm³/mol. The minimum atomic E-state index is 0.268. The third-order valence-corrected chi connectivity index (χ3v) is 2.75. The van der Waals surface area contributed by atoms with Crippen LogP contribution in [0.25, 0.3) is 0 Å². The first-order valence-corrected chi connectivity index (χ1v) is 5.52. The van der Waals surface area contributed by atoms with E-state index in [-0.39, 0.29) is 5.75 Å². The Kier molecular flexibility index (Phi) is 3.30. The molecule has 0 saturated heterocycles. The number of rotatable bonds is 3. The third-order valence-electron chi connectivity index (χ3n) is 2.75. The van der Waals surface area contributed by atoms with E-state index in [0.29, 0.717) is 6.54 Å². The average molecular weight is 228 g/mol. The molecule has 3 heteroatoms. The predicted octanol–water partition coefficient (Wildman–Crippen LogP) is 2.62. The van der Waals surface area contributed by atoms with Crippen LogP contribution in [-0.4, -0.2) is 12.2 Å². The molecule has 2 aromatic carbocycles. The molecular formula is C14H16N2O. The lowest BCUT2D eigenvalue weighted by Gasteiger charge is -2.20. The van der Waals surface area contributed by atoms with E-state index in [9.17, 15) is 5.11 Å². The molecule has 0 spiro atoms. The number of hydrogen-bond donors (Lipinski definition) is 2. The van der Waals surface area contributed by atoms with Crippen molar-refractivity contribution >= 4 is 11.4 Å². The van der Waals surface area contributed by atoms with Gasteiger partial charge in [-0.25, -0.2) is 0 Å². The largest absolute Gasteiger partial charge is 0.508 e. The number of anilines is 2. The molecule has 0 aliphatic heterocycles. The molecule has 0 saturated carbocycles. The molecule has 0 aromatic heterocycles. The average Bonchev–Trinajstić information content (AvgIpc) is 2.38. The van der Waals surface area contributed by atoms with Gasteiger partial charge in [-0.3, -0.25) is 0 Å². The normalized spacial score (nSPS) is 10.2. The standard InChI is InChI=1S/C14H16N2O/c1-16(13-6-3-7-14(17)9-13)12-5-2-4-11(8-12)10-15/h2-9,17H,10,15H2,1H3. The van der Waals surface area contributed by atoms with Crippen LogP contribution in [0.15, 0.2) is 48.5 Å². The zero-order chi connectivity index (χ0) is 12.3. The van der Waals surface area contributed by atoms with Gasteiger partial charge in [-0.15, -0.1) is 0 Å². The van der Waals surface area contributed by atoms with Crippen molar-refractivity contribution in [1.82, 2.24) is 0 Å². The fourth-order valence-electron chi connectivity index (χ4n) is 1.74. The summed E-state index contributed by atoms with van der Waals surface area (Å²) >= 11 is 0. The number of benzene rings is 2. The number of nitrogens with two attached hydrogens (primary N) is 1. The van der Waals surface area contributed by atoms with Crippen molar-refractivity contribution in [3.05, 3.63) is 54.1 Å². The summed E-state index contributed by atoms with van der Waals surface area (Å²) < 4.78 is 0. The summed E-state index contributed by atoms with van der Waals surface area (Å²) in [7, 11) is 1.96. The molecule has 0 bridgehead atoms. The molecule has 3 N–H and O–H groups in total. The monoisotopic (exact) mass is 228 g/mol. The lowest BCUT2D eigenvalue weighted by atomic mass is 10.2. The molecule has 0 unspecified atom stereocenters. The van der Waals surface area contributed by atoms with E-state index in [4.69, 9.17) is 5.73 Å². The van der Waals surface area contributed by atoms with Crippen molar-refractivity contribution < 1.29 is 5.11 Å². The van der Waals surface area contributed by atoms with E-state index in [1.54, 1.807) is 12.1 Å². The molecule has 2 rings (SSSR count). The second-order valence-corrected chi connectivity index (χ2v) is 3.95. The van der Waals surface area contributed by atoms with Crippen LogP contribution >= 0.6 is 0 Å². The molecule has 0 aliphatic rings. The zero-order valence-electron chi connectivity index (χ0n) is 9.80. The fourth-order valence-corrected chi connectivity index (χ4v) is 1.74. The number of hydrogen-bond acceptors (Lipinski definition) is 3. The maximum atomic E-state index is 9.46. The minimum absolute atomic E-state index is 0.268. The second kappa shape index (κ2) is 4.89. The van der Waals surface area contributed by atoms with Crippen molar-refractivity contribution in [2.75, 3.05) is 11.9 Å². The van der Waals surface area contributed by atoms with Gasteiger partial charge in [0.2, 0.25) is 0 Å². The van der Waals surface area contributed by atoms with Crippen LogP contribution in [0.2, 0.25) is 0 Å². The summed E-state index contributed by atoms with van der Waals surface area (Å²) in [5.74, 6) is 0.268. The van der Waals surface area contributed by atoms with Crippen LogP contribution in [-0.2, 0) is 6.54 Å². The highest BCUT2D eigenvalue weighted by atomic mass is 16.3. The van der Waals surface area contributed by atoms with Crippen LogP contribution in [0.5, 0.6) is 5.75 Å². The van der Waals surface area contributed by atoms with Gasteiger partial charge in [0.25, 0.3) is 0 Å². The first-order valence-electron chi connectivity index (χ1n) is 5.52. The molecular weight excluding hydrogens is 212 g/mol. The fraction of sp³-hybridized carbons (Fsp3) is 0.143. The van der Waals surface area contributed by atoms with Gasteiger partial charge < -0.3 is 15.7 Å². The van der Waals surface area contributed by atoms with Gasteiger partial charge in [0, 0.05) is 31.0 Å². The highest BCUT2D eigenvalue weighted by Gasteiger charge is 2.04. The highest BCUT2D eigenvalue weighted by Crippen LogP contribution is 2.26. The molecule has 0 heterocycles. The van der Waals surface area contributed by atoms with E-state index in [0.717, 1.165) is 16.9 Å². The molecule has 0 radical (unpaired) electrons. The van der Waals surface area contributed by atoms with Gasteiger partial charge in [-0.05, 0) is 29.8 Å². The first kappa shape index (κ1) is 11.5. The quantitative estimate of drug-likeness (QED) is 0.849. The van der Waals surface area contributed by atoms with Crippen LogP contribution in [0.4, 0.5) is 11.4 Å². The summed E-state index contributed by atoms with van der Waals surface area (Å²) in [6.45, 7) is 0.529. The molecule has 0 aliphatic carbocycles. The van der Waals surface area contributed by atoms with Gasteiger partial charge >= 0.3 is 0 Å². The third kappa shape index (κ3) is 2.57. The zero-order valence-corrected chi connectivity index (χ0v) is 9.80. The van der Waals surface area contributed by atoms with Crippen molar-refractivity contribution in [1.29, 1.82) is 0 Å². The Morgan fingerprint density at radius 1 is 1.06 bits per heavy atom. The number of phenols is 1. The van der Waals surface area contributed by atoms with Crippen LogP contribution in [0.1, 0.15) is 5.56 Å². The molecule has 0 fully saturated rings. The van der Waals surface area contributed by atoms with Crippen molar-refractivity contribution in [2.45, 2.75) is 6.54 Å². The van der Waals surface area contributed by atoms with Crippen molar-refractivity contribution in [3.63, 3.8) is 0 Å². The second-order valence-electron chi connectivity index (χ2n) is 3.95. The number of phenolic OH excluding ortho intramolecular Hbond substituents is 1. The molecule has 0 atom stereocenters. The Balaban J connectivity index is 2.33. The van der Waals surface area contributed by atoms with E-state index >= 15 is 0 Å². The van der Waals surface area contributed by atoms with Gasteiger partial charge in [-0.2, -0.15) is 0 Å². The Morgan fingerprint density at radius 2 is 1.71 bits per heavy atom. The molecule has 88 valence electrons. The first-order chi connectivity index (χ1) is 8.20. The van der Waals surface area contributed by atoms with E-state index in [2.05, 4.69) is 0 Å². The maximum absolute atomic E-state index is 9.46. The lowest BCUT2D eigenvalue weighted by molar-refractivity contribution is 0.475. The highest BCUT2D eigenvalue weighted by molar-refractivity contribution is 5.64. The Hall–Kier alpha value is -2.00. The lowest BCUT2D eigenvalue weighted by Crippen LogP contribution is -2.09. The Morgan fingerprint density at radius 3 is 2.35 bits per heavy atom. The number of aromatic hydroxyl groups is 1. The summed E-state index contributed by atoms with van der Waals surface area (Å²) in [5.41, 5.74) is 8.71. The Labute approximate surface area is 101 Å². The number of nitrogens with zero attached hydrogens (tertiary/aromatic N) is 1. The molecule has 0 amide bonds. The topological polar surface area (TPSA) is 49.5 Å². The molecule has 17 heavy (non-hydrogen) atoms. The summed E-state index contributed by atoms with van der Waals surface area (Å²) in [4.78, 5) is 2.01. The van der Waals surface area contributed by atoms with Crippen LogP contribution in [0, 0.1) is 0 Å². The smallest absolute Gasteiger partial charge is 0.117 e. The molecule has 3 nitrogen and oxygen atoms in total.